The summed E-state index contributed by atoms with van der Waals surface area (Å²) >= 11 is 0. The van der Waals surface area contributed by atoms with E-state index in [-0.39, 0.29) is 5.71 Å². The van der Waals surface area contributed by atoms with Gasteiger partial charge in [0.25, 0.3) is 0 Å². The van der Waals surface area contributed by atoms with Crippen molar-refractivity contribution in [3.8, 4) is 12.0 Å². The molecule has 6 nitrogen and oxygen atoms in total. The SMILES string of the molecule is CCO/C=C/C=C(\CC)C1=CC=C(CNC#CC(=N)c2cn[nH]c2)CN1. The van der Waals surface area contributed by atoms with Gasteiger partial charge in [0.15, 0.2) is 0 Å². The maximum absolute atomic E-state index is 7.81. The fourth-order valence-corrected chi connectivity index (χ4v) is 2.30. The van der Waals surface area contributed by atoms with E-state index < -0.39 is 0 Å². The summed E-state index contributed by atoms with van der Waals surface area (Å²) in [7, 11) is 0. The summed E-state index contributed by atoms with van der Waals surface area (Å²) in [5.41, 5.74) is 4.49. The third-order valence-corrected chi connectivity index (χ3v) is 3.74. The maximum Gasteiger partial charge on any atom is 0.116 e. The highest BCUT2D eigenvalue weighted by Gasteiger charge is 2.07. The number of allylic oxidation sites excluding steroid dienone is 5. The maximum atomic E-state index is 7.81. The van der Waals surface area contributed by atoms with E-state index in [9.17, 15) is 0 Å². The standard InChI is InChI=1S/C20H25N5O/c1-3-17(6-5-11-26-4-2)20-8-7-16(13-23-20)12-22-10-9-19(21)18-14-24-25-15-18/h5-8,11,14-15,21-23H,3-4,12-13H2,1-2H3,(H,24,25)/b11-5+,17-6+,21-19?. The van der Waals surface area contributed by atoms with E-state index >= 15 is 0 Å². The first-order valence-corrected chi connectivity index (χ1v) is 8.67. The zero-order chi connectivity index (χ0) is 18.6. The van der Waals surface area contributed by atoms with Crippen LogP contribution in [-0.4, -0.2) is 35.6 Å². The Morgan fingerprint density at radius 1 is 1.42 bits per heavy atom. The summed E-state index contributed by atoms with van der Waals surface area (Å²) in [5.74, 6) is 2.76. The Balaban J connectivity index is 1.86. The highest BCUT2D eigenvalue weighted by atomic mass is 16.5. The fourth-order valence-electron chi connectivity index (χ4n) is 2.30. The van der Waals surface area contributed by atoms with Crippen LogP contribution in [-0.2, 0) is 4.74 Å². The number of hydrogen-bond donors (Lipinski definition) is 4. The second kappa shape index (κ2) is 10.6. The van der Waals surface area contributed by atoms with E-state index in [4.69, 9.17) is 10.1 Å². The lowest BCUT2D eigenvalue weighted by Crippen LogP contribution is -2.25. The molecule has 0 radical (unpaired) electrons. The largest absolute Gasteiger partial charge is 0.501 e. The monoisotopic (exact) mass is 351 g/mol. The Bertz CT molecular complexity index is 773. The Morgan fingerprint density at radius 2 is 2.31 bits per heavy atom. The van der Waals surface area contributed by atoms with Crippen molar-refractivity contribution in [2.24, 2.45) is 0 Å². The third-order valence-electron chi connectivity index (χ3n) is 3.74. The second-order valence-corrected chi connectivity index (χ2v) is 5.55. The van der Waals surface area contributed by atoms with E-state index in [1.807, 2.05) is 13.0 Å². The van der Waals surface area contributed by atoms with Crippen LogP contribution in [0.4, 0.5) is 0 Å². The summed E-state index contributed by atoms with van der Waals surface area (Å²) in [6.45, 7) is 6.19. The molecule has 0 saturated carbocycles. The normalized spacial score (nSPS) is 14.0. The molecule has 2 heterocycles. The Morgan fingerprint density at radius 3 is 2.96 bits per heavy atom. The number of H-pyrrole nitrogens is 1. The summed E-state index contributed by atoms with van der Waals surface area (Å²) < 4.78 is 5.21. The van der Waals surface area contributed by atoms with Gasteiger partial charge in [-0.25, -0.2) is 0 Å². The molecule has 0 saturated heterocycles. The number of nitrogens with zero attached hydrogens (tertiary/aromatic N) is 1. The van der Waals surface area contributed by atoms with E-state index in [0.717, 1.165) is 18.7 Å². The molecule has 26 heavy (non-hydrogen) atoms. The molecular formula is C20H25N5O. The van der Waals surface area contributed by atoms with Crippen LogP contribution in [0.25, 0.3) is 0 Å². The minimum Gasteiger partial charge on any atom is -0.501 e. The van der Waals surface area contributed by atoms with Crippen molar-refractivity contribution in [3.05, 3.63) is 65.4 Å². The number of nitrogens with one attached hydrogen (secondary N) is 4. The van der Waals surface area contributed by atoms with Crippen LogP contribution in [0.5, 0.6) is 0 Å². The molecule has 1 aromatic rings. The van der Waals surface area contributed by atoms with E-state index in [1.165, 1.54) is 11.1 Å². The molecule has 4 N–H and O–H groups in total. The molecule has 0 aromatic carbocycles. The number of dihydropyridines is 1. The minimum absolute atomic E-state index is 0.238. The van der Waals surface area contributed by atoms with Crippen molar-refractivity contribution in [2.45, 2.75) is 20.3 Å². The zero-order valence-corrected chi connectivity index (χ0v) is 15.2. The molecule has 6 heteroatoms. The summed E-state index contributed by atoms with van der Waals surface area (Å²) in [4.78, 5) is 0. The van der Waals surface area contributed by atoms with Gasteiger partial charge in [0.1, 0.15) is 5.71 Å². The van der Waals surface area contributed by atoms with E-state index in [1.54, 1.807) is 18.7 Å². The van der Waals surface area contributed by atoms with Crippen molar-refractivity contribution >= 4 is 5.71 Å². The Kier molecular flexibility index (Phi) is 7.81. The van der Waals surface area contributed by atoms with Crippen LogP contribution in [0, 0.1) is 17.4 Å². The minimum atomic E-state index is 0.238. The van der Waals surface area contributed by atoms with Gasteiger partial charge in [-0.05, 0) is 42.6 Å². The molecule has 0 atom stereocenters. The van der Waals surface area contributed by atoms with Gasteiger partial charge in [0.2, 0.25) is 0 Å². The molecule has 1 aliphatic rings. The predicted molar refractivity (Wildman–Crippen MR) is 105 cm³/mol. The first kappa shape index (κ1) is 19.1. The number of ether oxygens (including phenoxy) is 1. The lowest BCUT2D eigenvalue weighted by molar-refractivity contribution is 0.269. The highest BCUT2D eigenvalue weighted by molar-refractivity contribution is 6.10. The lowest BCUT2D eigenvalue weighted by atomic mass is 10.0. The van der Waals surface area contributed by atoms with Crippen LogP contribution < -0.4 is 10.6 Å². The molecule has 0 unspecified atom stereocenters. The smallest absolute Gasteiger partial charge is 0.116 e. The van der Waals surface area contributed by atoms with Gasteiger partial charge in [-0.1, -0.05) is 19.1 Å². The van der Waals surface area contributed by atoms with Crippen molar-refractivity contribution in [1.29, 1.82) is 5.41 Å². The molecule has 0 amide bonds. The average molecular weight is 351 g/mol. The topological polar surface area (TPSA) is 85.8 Å². The van der Waals surface area contributed by atoms with Gasteiger partial charge in [-0.15, -0.1) is 0 Å². The van der Waals surface area contributed by atoms with Crippen LogP contribution in [0.3, 0.4) is 0 Å². The molecule has 0 spiro atoms. The molecule has 0 bridgehead atoms. The Hall–Kier alpha value is -3.20. The predicted octanol–water partition coefficient (Wildman–Crippen LogP) is 2.63. The Labute approximate surface area is 154 Å². The first-order valence-electron chi connectivity index (χ1n) is 8.67. The molecule has 1 aromatic heterocycles. The van der Waals surface area contributed by atoms with Gasteiger partial charge in [0, 0.05) is 36.6 Å². The molecule has 1 aliphatic heterocycles. The first-order chi connectivity index (χ1) is 12.7. The third kappa shape index (κ3) is 6.02. The van der Waals surface area contributed by atoms with Crippen molar-refractivity contribution in [1.82, 2.24) is 20.8 Å². The quantitative estimate of drug-likeness (QED) is 0.191. The zero-order valence-electron chi connectivity index (χ0n) is 15.2. The average Bonchev–Trinajstić information content (AvgIpc) is 3.21. The number of aromatic nitrogens is 2. The number of rotatable bonds is 8. The summed E-state index contributed by atoms with van der Waals surface area (Å²) in [6.07, 6.45) is 14.1. The molecule has 0 fully saturated rings. The van der Waals surface area contributed by atoms with Gasteiger partial charge in [-0.2, -0.15) is 5.10 Å². The second-order valence-electron chi connectivity index (χ2n) is 5.55. The summed E-state index contributed by atoms with van der Waals surface area (Å²) in [6, 6.07) is 2.82. The van der Waals surface area contributed by atoms with Crippen molar-refractivity contribution in [3.63, 3.8) is 0 Å². The van der Waals surface area contributed by atoms with Crippen LogP contribution >= 0.6 is 0 Å². The number of hydrogen-bond acceptors (Lipinski definition) is 5. The number of aromatic amines is 1. The molecular weight excluding hydrogens is 326 g/mol. The van der Waals surface area contributed by atoms with Gasteiger partial charge >= 0.3 is 0 Å². The van der Waals surface area contributed by atoms with Crippen LogP contribution in [0.1, 0.15) is 25.8 Å². The fraction of sp³-hybridized carbons (Fsp3) is 0.300. The molecule has 0 aliphatic carbocycles. The van der Waals surface area contributed by atoms with Gasteiger partial charge in [0.05, 0.1) is 19.1 Å². The van der Waals surface area contributed by atoms with Crippen LogP contribution in [0.2, 0.25) is 0 Å². The van der Waals surface area contributed by atoms with Crippen LogP contribution in [0.15, 0.2) is 59.8 Å². The van der Waals surface area contributed by atoms with E-state index in [0.29, 0.717) is 18.7 Å². The van der Waals surface area contributed by atoms with E-state index in [2.05, 4.69) is 57.9 Å². The van der Waals surface area contributed by atoms with Gasteiger partial charge < -0.3 is 15.4 Å². The summed E-state index contributed by atoms with van der Waals surface area (Å²) in [5, 5.41) is 20.8. The molecule has 136 valence electrons. The lowest BCUT2D eigenvalue weighted by Gasteiger charge is -2.18. The van der Waals surface area contributed by atoms with Gasteiger partial charge in [-0.3, -0.25) is 10.5 Å². The highest BCUT2D eigenvalue weighted by Crippen LogP contribution is 2.15. The van der Waals surface area contributed by atoms with Crippen molar-refractivity contribution < 1.29 is 4.74 Å². The molecule has 2 rings (SSSR count). The van der Waals surface area contributed by atoms with Crippen molar-refractivity contribution in [2.75, 3.05) is 19.7 Å².